The second-order valence-electron chi connectivity index (χ2n) is 4.23. The topological polar surface area (TPSA) is 29.1 Å². The van der Waals surface area contributed by atoms with Crippen LogP contribution in [0.3, 0.4) is 0 Å². The molecule has 0 aromatic rings. The Morgan fingerprint density at radius 1 is 1.36 bits per heavy atom. The Bertz CT molecular complexity index is 184. The van der Waals surface area contributed by atoms with Gasteiger partial charge in [0, 0.05) is 17.8 Å². The maximum absolute atomic E-state index is 11.4. The van der Waals surface area contributed by atoms with E-state index in [9.17, 15) is 4.79 Å². The molecule has 1 N–H and O–H groups in total. The molecule has 0 saturated heterocycles. The number of halogens is 1. The maximum atomic E-state index is 11.4. The first kappa shape index (κ1) is 12.0. The third-order valence-electron chi connectivity index (χ3n) is 3.03. The molecule has 2 unspecified atom stereocenters. The molecular formula is C11H20BrNO. The largest absolute Gasteiger partial charge is 0.353 e. The van der Waals surface area contributed by atoms with Gasteiger partial charge in [0.05, 0.1) is 0 Å². The SMILES string of the molecule is CC1CCCCCC1NC(=O)CCBr. The van der Waals surface area contributed by atoms with Gasteiger partial charge >= 0.3 is 0 Å². The smallest absolute Gasteiger partial charge is 0.221 e. The molecule has 0 heterocycles. The van der Waals surface area contributed by atoms with Crippen molar-refractivity contribution in [2.45, 2.75) is 51.5 Å². The van der Waals surface area contributed by atoms with E-state index in [4.69, 9.17) is 0 Å². The van der Waals surface area contributed by atoms with Crippen LogP contribution in [0.2, 0.25) is 0 Å². The van der Waals surface area contributed by atoms with Crippen LogP contribution in [0.25, 0.3) is 0 Å². The lowest BCUT2D eigenvalue weighted by molar-refractivity contribution is -0.121. The van der Waals surface area contributed by atoms with Crippen LogP contribution in [0.4, 0.5) is 0 Å². The molecule has 82 valence electrons. The lowest BCUT2D eigenvalue weighted by Gasteiger charge is -2.22. The second kappa shape index (κ2) is 6.44. The molecule has 0 bridgehead atoms. The monoisotopic (exact) mass is 261 g/mol. The molecule has 1 aliphatic rings. The van der Waals surface area contributed by atoms with Crippen LogP contribution < -0.4 is 5.32 Å². The van der Waals surface area contributed by atoms with Crippen LogP contribution >= 0.6 is 15.9 Å². The number of rotatable bonds is 3. The van der Waals surface area contributed by atoms with Gasteiger partial charge in [0.15, 0.2) is 0 Å². The number of hydrogen-bond donors (Lipinski definition) is 1. The summed E-state index contributed by atoms with van der Waals surface area (Å²) in [5.41, 5.74) is 0. The third-order valence-corrected chi connectivity index (χ3v) is 3.43. The summed E-state index contributed by atoms with van der Waals surface area (Å²) in [7, 11) is 0. The predicted molar refractivity (Wildman–Crippen MR) is 62.6 cm³/mol. The Kier molecular flexibility index (Phi) is 5.53. The number of amides is 1. The van der Waals surface area contributed by atoms with Crippen LogP contribution in [0.5, 0.6) is 0 Å². The molecule has 1 amide bonds. The molecule has 0 spiro atoms. The standard InChI is InChI=1S/C11H20BrNO/c1-9-5-3-2-4-6-10(9)13-11(14)7-8-12/h9-10H,2-8H2,1H3,(H,13,14). The van der Waals surface area contributed by atoms with Crippen LogP contribution in [-0.2, 0) is 4.79 Å². The van der Waals surface area contributed by atoms with Gasteiger partial charge in [-0.05, 0) is 18.8 Å². The normalized spacial score (nSPS) is 28.1. The molecule has 1 fully saturated rings. The van der Waals surface area contributed by atoms with E-state index in [0.29, 0.717) is 18.4 Å². The first-order chi connectivity index (χ1) is 6.74. The highest BCUT2D eigenvalue weighted by atomic mass is 79.9. The zero-order valence-corrected chi connectivity index (χ0v) is 10.5. The molecule has 0 aliphatic heterocycles. The van der Waals surface area contributed by atoms with Crippen molar-refractivity contribution in [2.75, 3.05) is 5.33 Å². The van der Waals surface area contributed by atoms with Crippen LogP contribution in [-0.4, -0.2) is 17.3 Å². The summed E-state index contributed by atoms with van der Waals surface area (Å²) < 4.78 is 0. The Labute approximate surface area is 95.0 Å². The fourth-order valence-corrected chi connectivity index (χ4v) is 2.43. The number of carbonyl (C=O) groups excluding carboxylic acids is 1. The lowest BCUT2D eigenvalue weighted by Crippen LogP contribution is -2.38. The highest BCUT2D eigenvalue weighted by Crippen LogP contribution is 2.22. The maximum Gasteiger partial charge on any atom is 0.221 e. The highest BCUT2D eigenvalue weighted by Gasteiger charge is 2.20. The minimum Gasteiger partial charge on any atom is -0.353 e. The van der Waals surface area contributed by atoms with Gasteiger partial charge in [-0.15, -0.1) is 0 Å². The van der Waals surface area contributed by atoms with Crippen molar-refractivity contribution in [3.63, 3.8) is 0 Å². The van der Waals surface area contributed by atoms with E-state index in [0.717, 1.165) is 11.8 Å². The van der Waals surface area contributed by atoms with E-state index >= 15 is 0 Å². The second-order valence-corrected chi connectivity index (χ2v) is 5.02. The van der Waals surface area contributed by atoms with Gasteiger partial charge in [-0.25, -0.2) is 0 Å². The van der Waals surface area contributed by atoms with Crippen LogP contribution in [0.15, 0.2) is 0 Å². The van der Waals surface area contributed by atoms with Crippen molar-refractivity contribution in [2.24, 2.45) is 5.92 Å². The Morgan fingerprint density at radius 3 is 2.79 bits per heavy atom. The summed E-state index contributed by atoms with van der Waals surface area (Å²) in [5, 5.41) is 3.90. The number of carbonyl (C=O) groups is 1. The molecule has 2 nitrogen and oxygen atoms in total. The summed E-state index contributed by atoms with van der Waals surface area (Å²) in [5.74, 6) is 0.845. The fourth-order valence-electron chi connectivity index (χ4n) is 2.07. The molecule has 1 aliphatic carbocycles. The van der Waals surface area contributed by atoms with Gasteiger partial charge < -0.3 is 5.32 Å². The van der Waals surface area contributed by atoms with Crippen LogP contribution in [0, 0.1) is 5.92 Å². The van der Waals surface area contributed by atoms with Gasteiger partial charge in [-0.2, -0.15) is 0 Å². The summed E-state index contributed by atoms with van der Waals surface area (Å²) >= 11 is 3.28. The number of nitrogens with one attached hydrogen (secondary N) is 1. The average Bonchev–Trinajstić information content (AvgIpc) is 2.33. The number of alkyl halides is 1. The molecule has 14 heavy (non-hydrogen) atoms. The van der Waals surface area contributed by atoms with E-state index < -0.39 is 0 Å². The average molecular weight is 262 g/mol. The highest BCUT2D eigenvalue weighted by molar-refractivity contribution is 9.09. The molecule has 1 saturated carbocycles. The van der Waals surface area contributed by atoms with Crippen molar-refractivity contribution in [3.8, 4) is 0 Å². The zero-order chi connectivity index (χ0) is 10.4. The van der Waals surface area contributed by atoms with E-state index in [-0.39, 0.29) is 5.91 Å². The fraction of sp³-hybridized carbons (Fsp3) is 0.909. The third kappa shape index (κ3) is 3.99. The molecule has 0 aromatic heterocycles. The van der Waals surface area contributed by atoms with E-state index in [1.54, 1.807) is 0 Å². The summed E-state index contributed by atoms with van der Waals surface area (Å²) in [4.78, 5) is 11.4. The summed E-state index contributed by atoms with van der Waals surface area (Å²) in [6.45, 7) is 2.25. The van der Waals surface area contributed by atoms with Crippen molar-refractivity contribution >= 4 is 21.8 Å². The first-order valence-electron chi connectivity index (χ1n) is 5.59. The van der Waals surface area contributed by atoms with Crippen molar-refractivity contribution in [1.29, 1.82) is 0 Å². The minimum absolute atomic E-state index is 0.195. The molecule has 1 rings (SSSR count). The Balaban J connectivity index is 2.36. The van der Waals surface area contributed by atoms with Crippen molar-refractivity contribution in [3.05, 3.63) is 0 Å². The van der Waals surface area contributed by atoms with Crippen molar-refractivity contribution in [1.82, 2.24) is 5.32 Å². The van der Waals surface area contributed by atoms with Gasteiger partial charge in [0.1, 0.15) is 0 Å². The molecule has 0 aromatic carbocycles. The molecule has 3 heteroatoms. The van der Waals surface area contributed by atoms with Gasteiger partial charge in [0.2, 0.25) is 5.91 Å². The molecule has 0 radical (unpaired) electrons. The Hall–Kier alpha value is -0.0500. The Morgan fingerprint density at radius 2 is 2.07 bits per heavy atom. The van der Waals surface area contributed by atoms with E-state index in [1.165, 1.54) is 25.7 Å². The van der Waals surface area contributed by atoms with Gasteiger partial charge in [0.25, 0.3) is 0 Å². The quantitative estimate of drug-likeness (QED) is 0.615. The lowest BCUT2D eigenvalue weighted by atomic mass is 9.97. The van der Waals surface area contributed by atoms with Gasteiger partial charge in [-0.3, -0.25) is 4.79 Å². The number of hydrogen-bond acceptors (Lipinski definition) is 1. The predicted octanol–water partition coefficient (Wildman–Crippen LogP) is 2.86. The van der Waals surface area contributed by atoms with Crippen molar-refractivity contribution < 1.29 is 4.79 Å². The van der Waals surface area contributed by atoms with E-state index in [2.05, 4.69) is 28.2 Å². The molecule has 2 atom stereocenters. The van der Waals surface area contributed by atoms with Crippen LogP contribution in [0.1, 0.15) is 45.4 Å². The van der Waals surface area contributed by atoms with Gasteiger partial charge in [-0.1, -0.05) is 42.1 Å². The van der Waals surface area contributed by atoms with E-state index in [1.807, 2.05) is 0 Å². The summed E-state index contributed by atoms with van der Waals surface area (Å²) in [6, 6.07) is 0.420. The summed E-state index contributed by atoms with van der Waals surface area (Å²) in [6.07, 6.45) is 6.95. The minimum atomic E-state index is 0.195. The molecular weight excluding hydrogens is 242 g/mol. The first-order valence-corrected chi connectivity index (χ1v) is 6.71. The zero-order valence-electron chi connectivity index (χ0n) is 8.89.